The van der Waals surface area contributed by atoms with Crippen LogP contribution < -0.4 is 26.4 Å². The lowest BCUT2D eigenvalue weighted by atomic mass is 9.12. The largest absolute Gasteiger partial charge is 0.456 e. The molecule has 1 aromatic heterocycles. The quantitative estimate of drug-likeness (QED) is 0.0502. The van der Waals surface area contributed by atoms with E-state index in [1.165, 1.54) is 0 Å². The van der Waals surface area contributed by atoms with Gasteiger partial charge in [-0.3, -0.25) is 4.79 Å². The van der Waals surface area contributed by atoms with Gasteiger partial charge >= 0.3 is 55.4 Å². The van der Waals surface area contributed by atoms with Crippen LogP contribution in [0.5, 0.6) is 0 Å². The monoisotopic (exact) mass is 1160 g/mol. The summed E-state index contributed by atoms with van der Waals surface area (Å²) in [6.45, 7) is 5.73. The molecule has 0 fully saturated rings. The lowest BCUT2D eigenvalue weighted by Crippen LogP contribution is -2.75. The molecule has 6 rings (SSSR count). The van der Waals surface area contributed by atoms with Gasteiger partial charge in [0.2, 0.25) is 12.3 Å². The van der Waals surface area contributed by atoms with Crippen LogP contribution in [0.4, 0.5) is 105 Å². The number of carbonyl (C=O) groups is 2. The molecule has 0 spiro atoms. The van der Waals surface area contributed by atoms with Crippen molar-refractivity contribution in [2.24, 2.45) is 0 Å². The molecule has 0 saturated carbocycles. The van der Waals surface area contributed by atoms with Crippen molar-refractivity contribution in [1.82, 2.24) is 0 Å². The smallest absolute Gasteiger partial charge is 0.416 e. The number of aromatic nitrogens is 1. The second-order valence-electron chi connectivity index (χ2n) is 18.3. The summed E-state index contributed by atoms with van der Waals surface area (Å²) in [4.78, 5) is 24.1. The van der Waals surface area contributed by atoms with E-state index in [-0.39, 0.29) is 18.3 Å². The van der Waals surface area contributed by atoms with Gasteiger partial charge in [0.05, 0.1) is 50.1 Å². The van der Waals surface area contributed by atoms with Crippen molar-refractivity contribution in [3.63, 3.8) is 0 Å². The highest BCUT2D eigenvalue weighted by atomic mass is 19.4. The van der Waals surface area contributed by atoms with Crippen LogP contribution in [0.1, 0.15) is 86.0 Å². The average molecular weight is 1160 g/mol. The maximum atomic E-state index is 14.2. The summed E-state index contributed by atoms with van der Waals surface area (Å²) >= 11 is 0. The van der Waals surface area contributed by atoms with E-state index in [1.54, 1.807) is 24.3 Å². The van der Waals surface area contributed by atoms with E-state index in [1.807, 2.05) is 55.9 Å². The van der Waals surface area contributed by atoms with Crippen molar-refractivity contribution in [3.05, 3.63) is 183 Å². The van der Waals surface area contributed by atoms with Crippen LogP contribution in [0, 0.1) is 0 Å². The van der Waals surface area contributed by atoms with E-state index < -0.39 is 200 Å². The normalized spacial score (nSPS) is 13.4. The van der Waals surface area contributed by atoms with Crippen molar-refractivity contribution < 1.29 is 124 Å². The van der Waals surface area contributed by atoms with Gasteiger partial charge in [-0.15, -0.1) is 0 Å². The van der Waals surface area contributed by atoms with Gasteiger partial charge in [-0.1, -0.05) is 66.7 Å². The zero-order valence-electron chi connectivity index (χ0n) is 39.7. The van der Waals surface area contributed by atoms with Gasteiger partial charge in [-0.05, 0) is 57.2 Å². The number of nitrogens with zero attached hydrogens (tertiary/aromatic N) is 1. The van der Waals surface area contributed by atoms with Crippen molar-refractivity contribution in [2.45, 2.75) is 82.3 Å². The van der Waals surface area contributed by atoms with E-state index in [9.17, 15) is 115 Å². The third kappa shape index (κ3) is 15.3. The first-order valence-electron chi connectivity index (χ1n) is 21.8. The number of carbonyl (C=O) groups excluding carboxylic acids is 2. The molecule has 0 aliphatic heterocycles. The fourth-order valence-corrected chi connectivity index (χ4v) is 8.00. The van der Waals surface area contributed by atoms with Crippen LogP contribution in [0.15, 0.2) is 128 Å². The second-order valence-corrected chi connectivity index (χ2v) is 18.3. The van der Waals surface area contributed by atoms with E-state index in [0.717, 1.165) is 0 Å². The first-order valence-corrected chi connectivity index (χ1v) is 21.8. The number of benzene rings is 5. The average Bonchev–Trinajstić information content (AvgIpc) is 3.36. The molecule has 0 unspecified atom stereocenters. The molecular weight excluding hydrogens is 1130 g/mol. The zero-order valence-corrected chi connectivity index (χ0v) is 39.7. The summed E-state index contributed by atoms with van der Waals surface area (Å²) in [6, 6.07) is 3.40. The Balaban J connectivity index is 0.000000433. The minimum absolute atomic E-state index is 0.00746. The molecule has 0 atom stereocenters. The lowest BCUT2D eigenvalue weighted by molar-refractivity contribution is -0.683. The summed E-state index contributed by atoms with van der Waals surface area (Å²) in [5.41, 5.74) is -29.7. The molecule has 0 saturated heterocycles. The maximum Gasteiger partial charge on any atom is 0.416 e. The molecule has 0 N–H and O–H groups in total. The number of ketones is 1. The molecule has 0 bridgehead atoms. The van der Waals surface area contributed by atoms with Gasteiger partial charge in [-0.2, -0.15) is 132 Å². The van der Waals surface area contributed by atoms with Crippen molar-refractivity contribution in [2.75, 3.05) is 0 Å². The van der Waals surface area contributed by atoms with Crippen LogP contribution in [-0.2, 0) is 60.7 Å². The topological polar surface area (TPSA) is 47.3 Å². The lowest BCUT2D eigenvalue weighted by Gasteiger charge is -2.46. The Morgan fingerprint density at radius 2 is 0.595 bits per heavy atom. The SMILES string of the molecule is CC(C)(C)OC(=O)c1ccc(C(=O)C[n+]2ccccc2)cc1.FC(F)(F)c1cc([B-](c2cc(C(F)(F)F)cc(C(F)(F)F)c2)(c2cc(C(F)(F)F)cc(C(F)(F)F)c2)c2cc(C(F)(F)F)cc(C(F)(F)F)c2)cc(C(F)(F)F)c1. The summed E-state index contributed by atoms with van der Waals surface area (Å²) in [5.74, 6) is -0.393. The Labute approximate surface area is 429 Å². The fourth-order valence-electron chi connectivity index (χ4n) is 8.00. The van der Waals surface area contributed by atoms with E-state index >= 15 is 0 Å². The molecule has 29 heteroatoms. The van der Waals surface area contributed by atoms with Crippen LogP contribution >= 0.6 is 0 Å². The van der Waals surface area contributed by atoms with E-state index in [2.05, 4.69) is 0 Å². The Hall–Kier alpha value is -7.23. The van der Waals surface area contributed by atoms with Crippen molar-refractivity contribution in [1.29, 1.82) is 0 Å². The Morgan fingerprint density at radius 1 is 0.367 bits per heavy atom. The summed E-state index contributed by atoms with van der Waals surface area (Å²) < 4.78 is 348. The number of ether oxygens (including phenoxy) is 1. The van der Waals surface area contributed by atoms with Crippen LogP contribution in [0.25, 0.3) is 0 Å². The minimum atomic E-state index is -6.13. The van der Waals surface area contributed by atoms with Gasteiger partial charge in [0, 0.05) is 17.7 Å². The number of pyridine rings is 1. The molecule has 79 heavy (non-hydrogen) atoms. The highest BCUT2D eigenvalue weighted by Crippen LogP contribution is 2.41. The van der Waals surface area contributed by atoms with Crippen molar-refractivity contribution in [3.8, 4) is 0 Å². The molecule has 426 valence electrons. The number of esters is 1. The molecule has 0 radical (unpaired) electrons. The van der Waals surface area contributed by atoms with Crippen LogP contribution in [0.3, 0.4) is 0 Å². The predicted molar refractivity (Wildman–Crippen MR) is 233 cm³/mol. The second kappa shape index (κ2) is 21.4. The standard InChI is InChI=1S/C32H12BF24.C18H20NO3/c34-25(35,36)13-1-14(26(37,38)39)6-21(5-13)33(22-7-15(27(40,41)42)2-16(8-22)28(43,44)45,23-9-17(29(46,47)48)3-18(10-23)30(49,50)51)24-11-19(31(52,53)54)4-20(12-24)32(55,56)57;1-18(2,3)22-17(21)15-9-7-14(8-10-15)16(20)13-19-11-5-4-6-12-19/h1-12H;4-12H,13H2,1-3H3/q-1;+1. The van der Waals surface area contributed by atoms with Gasteiger partial charge in [0.25, 0.3) is 0 Å². The molecule has 4 nitrogen and oxygen atoms in total. The Bertz CT molecular complexity index is 2740. The van der Waals surface area contributed by atoms with Crippen LogP contribution in [-0.4, -0.2) is 23.5 Å². The van der Waals surface area contributed by atoms with Gasteiger partial charge < -0.3 is 4.74 Å². The zero-order chi connectivity index (χ0) is 60.1. The first-order chi connectivity index (χ1) is 35.6. The molecule has 5 aromatic carbocycles. The third-order valence-corrected chi connectivity index (χ3v) is 11.4. The molecule has 6 aromatic rings. The molecule has 0 amide bonds. The molecule has 0 aliphatic carbocycles. The highest BCUT2D eigenvalue weighted by molar-refractivity contribution is 7.20. The first kappa shape index (κ1) is 62.6. The number of rotatable bonds is 8. The molecule has 1 heterocycles. The van der Waals surface area contributed by atoms with E-state index in [0.29, 0.717) is 11.1 Å². The molecule has 0 aliphatic rings. The Morgan fingerprint density at radius 3 is 0.810 bits per heavy atom. The maximum absolute atomic E-state index is 14.2. The van der Waals surface area contributed by atoms with Gasteiger partial charge in [-0.25, -0.2) is 4.79 Å². The van der Waals surface area contributed by atoms with Crippen LogP contribution in [0.2, 0.25) is 0 Å². The summed E-state index contributed by atoms with van der Waals surface area (Å²) in [7, 11) is 0. The minimum Gasteiger partial charge on any atom is -0.456 e. The number of alkyl halides is 24. The molecular formula is C50H32BF24NO3. The van der Waals surface area contributed by atoms with Crippen molar-refractivity contribution >= 4 is 39.7 Å². The highest BCUT2D eigenvalue weighted by Gasteiger charge is 2.47. The van der Waals surface area contributed by atoms with Gasteiger partial charge in [0.1, 0.15) is 11.7 Å². The number of hydrogen-bond acceptors (Lipinski definition) is 3. The number of Topliss-reactive ketones (excluding diaryl/α,β-unsaturated/α-hetero) is 1. The number of hydrogen-bond donors (Lipinski definition) is 0. The third-order valence-electron chi connectivity index (χ3n) is 11.4. The summed E-state index contributed by atoms with van der Waals surface area (Å²) in [5, 5.41) is 0. The summed E-state index contributed by atoms with van der Waals surface area (Å²) in [6.07, 6.45) is -51.1. The number of halogens is 24. The van der Waals surface area contributed by atoms with E-state index in [4.69, 9.17) is 4.74 Å². The fraction of sp³-hybridized carbons (Fsp3) is 0.260. The Kier molecular flexibility index (Phi) is 17.0. The predicted octanol–water partition coefficient (Wildman–Crippen LogP) is 14.0. The van der Waals surface area contributed by atoms with Gasteiger partial charge in [0.15, 0.2) is 12.4 Å².